The van der Waals surface area contributed by atoms with Gasteiger partial charge in [0, 0.05) is 25.5 Å². The van der Waals surface area contributed by atoms with Gasteiger partial charge in [0.15, 0.2) is 0 Å². The van der Waals surface area contributed by atoms with E-state index in [1.807, 2.05) is 0 Å². The van der Waals surface area contributed by atoms with E-state index in [0.717, 1.165) is 5.56 Å². The fourth-order valence-corrected chi connectivity index (χ4v) is 3.25. The number of methoxy groups -OCH3 is 1. The Labute approximate surface area is 119 Å². The summed E-state index contributed by atoms with van der Waals surface area (Å²) in [5, 5.41) is 0. The van der Waals surface area contributed by atoms with E-state index in [9.17, 15) is 13.2 Å². The van der Waals surface area contributed by atoms with E-state index < -0.39 is 16.0 Å². The van der Waals surface area contributed by atoms with Gasteiger partial charge in [-0.3, -0.25) is 9.78 Å². The van der Waals surface area contributed by atoms with Gasteiger partial charge in [-0.1, -0.05) is 6.92 Å². The van der Waals surface area contributed by atoms with Crippen molar-refractivity contribution in [1.29, 1.82) is 0 Å². The van der Waals surface area contributed by atoms with Crippen molar-refractivity contribution in [3.05, 3.63) is 30.1 Å². The highest BCUT2D eigenvalue weighted by Crippen LogP contribution is 2.07. The van der Waals surface area contributed by atoms with Crippen LogP contribution in [-0.2, 0) is 26.0 Å². The highest BCUT2D eigenvalue weighted by molar-refractivity contribution is 7.89. The van der Waals surface area contributed by atoms with Gasteiger partial charge in [-0.25, -0.2) is 12.7 Å². The summed E-state index contributed by atoms with van der Waals surface area (Å²) < 4.78 is 30.2. The second-order valence-electron chi connectivity index (χ2n) is 4.24. The van der Waals surface area contributed by atoms with Crippen molar-refractivity contribution < 1.29 is 17.9 Å². The molecule has 6 nitrogen and oxygen atoms in total. The number of carbonyl (C=O) groups is 1. The number of nitrogens with zero attached hydrogens (tertiary/aromatic N) is 2. The average molecular weight is 300 g/mol. The van der Waals surface area contributed by atoms with E-state index >= 15 is 0 Å². The molecule has 1 aromatic heterocycles. The summed E-state index contributed by atoms with van der Waals surface area (Å²) in [6, 6.07) is 3.58. The maximum atomic E-state index is 12.2. The predicted octanol–water partition coefficient (Wildman–Crippen LogP) is 0.839. The van der Waals surface area contributed by atoms with Gasteiger partial charge in [-0.15, -0.1) is 0 Å². The second-order valence-corrected chi connectivity index (χ2v) is 6.33. The molecule has 0 aliphatic carbocycles. The third kappa shape index (κ3) is 5.26. The third-order valence-electron chi connectivity index (χ3n) is 2.94. The van der Waals surface area contributed by atoms with Gasteiger partial charge in [0.25, 0.3) is 0 Å². The SMILES string of the molecule is CCN(CCC(=O)OC)S(=O)(=O)CCc1ccncc1. The number of carbonyl (C=O) groups excluding carboxylic acids is 1. The summed E-state index contributed by atoms with van der Waals surface area (Å²) >= 11 is 0. The normalized spacial score (nSPS) is 11.6. The number of hydrogen-bond donors (Lipinski definition) is 0. The number of aromatic nitrogens is 1. The molecule has 0 atom stereocenters. The van der Waals surface area contributed by atoms with E-state index in [4.69, 9.17) is 0 Å². The summed E-state index contributed by atoms with van der Waals surface area (Å²) in [5.41, 5.74) is 0.924. The molecular formula is C13H20N2O4S. The average Bonchev–Trinajstić information content (AvgIpc) is 2.46. The van der Waals surface area contributed by atoms with Crippen molar-refractivity contribution in [2.24, 2.45) is 0 Å². The molecule has 7 heteroatoms. The molecular weight excluding hydrogens is 280 g/mol. The standard InChI is InChI=1S/C13H20N2O4S/c1-3-15(10-6-13(16)19-2)20(17,18)11-7-12-4-8-14-9-5-12/h4-5,8-9H,3,6-7,10-11H2,1-2H3. The first-order chi connectivity index (χ1) is 9.49. The Kier molecular flexibility index (Phi) is 6.60. The lowest BCUT2D eigenvalue weighted by Crippen LogP contribution is -2.35. The highest BCUT2D eigenvalue weighted by Gasteiger charge is 2.21. The minimum absolute atomic E-state index is 0.0199. The number of pyridine rings is 1. The van der Waals surface area contributed by atoms with Crippen molar-refractivity contribution in [3.8, 4) is 0 Å². The number of sulfonamides is 1. The molecule has 0 aliphatic rings. The topological polar surface area (TPSA) is 76.6 Å². The van der Waals surface area contributed by atoms with Crippen LogP contribution in [0.2, 0.25) is 0 Å². The summed E-state index contributed by atoms with van der Waals surface area (Å²) in [7, 11) is -2.08. The zero-order chi connectivity index (χ0) is 15.0. The van der Waals surface area contributed by atoms with E-state index in [0.29, 0.717) is 13.0 Å². The summed E-state index contributed by atoms with van der Waals surface area (Å²) in [5.74, 6) is -0.390. The second kappa shape index (κ2) is 7.96. The fraction of sp³-hybridized carbons (Fsp3) is 0.538. The number of esters is 1. The molecule has 0 amide bonds. The van der Waals surface area contributed by atoms with Gasteiger partial charge in [0.2, 0.25) is 10.0 Å². The van der Waals surface area contributed by atoms with E-state index in [1.165, 1.54) is 11.4 Å². The summed E-state index contributed by atoms with van der Waals surface area (Å²) in [6.45, 7) is 2.25. The minimum Gasteiger partial charge on any atom is -0.469 e. The van der Waals surface area contributed by atoms with E-state index in [2.05, 4.69) is 9.72 Å². The molecule has 112 valence electrons. The molecule has 1 heterocycles. The summed E-state index contributed by atoms with van der Waals surface area (Å²) in [4.78, 5) is 15.0. The van der Waals surface area contributed by atoms with Gasteiger partial charge in [-0.05, 0) is 24.1 Å². The lowest BCUT2D eigenvalue weighted by Gasteiger charge is -2.19. The molecule has 1 rings (SSSR count). The van der Waals surface area contributed by atoms with Crippen LogP contribution >= 0.6 is 0 Å². The molecule has 0 spiro atoms. The summed E-state index contributed by atoms with van der Waals surface area (Å²) in [6.07, 6.45) is 3.77. The van der Waals surface area contributed by atoms with Gasteiger partial charge < -0.3 is 4.74 Å². The maximum absolute atomic E-state index is 12.2. The molecule has 0 saturated carbocycles. The smallest absolute Gasteiger partial charge is 0.306 e. The van der Waals surface area contributed by atoms with Crippen LogP contribution in [0, 0.1) is 0 Å². The zero-order valence-electron chi connectivity index (χ0n) is 11.8. The largest absolute Gasteiger partial charge is 0.469 e. The Morgan fingerprint density at radius 2 is 2.00 bits per heavy atom. The third-order valence-corrected chi connectivity index (χ3v) is 4.88. The monoisotopic (exact) mass is 300 g/mol. The van der Waals surface area contributed by atoms with Crippen molar-refractivity contribution in [3.63, 3.8) is 0 Å². The van der Waals surface area contributed by atoms with Crippen LogP contribution in [0.25, 0.3) is 0 Å². The molecule has 20 heavy (non-hydrogen) atoms. The first-order valence-electron chi connectivity index (χ1n) is 6.43. The molecule has 0 radical (unpaired) electrons. The van der Waals surface area contributed by atoms with Crippen LogP contribution in [0.15, 0.2) is 24.5 Å². The zero-order valence-corrected chi connectivity index (χ0v) is 12.6. The fourth-order valence-electron chi connectivity index (χ4n) is 1.74. The van der Waals surface area contributed by atoms with Crippen LogP contribution in [0.1, 0.15) is 18.9 Å². The number of ether oxygens (including phenoxy) is 1. The molecule has 1 aromatic rings. The molecule has 0 fully saturated rings. The maximum Gasteiger partial charge on any atom is 0.306 e. The van der Waals surface area contributed by atoms with Crippen LogP contribution < -0.4 is 0 Å². The first-order valence-corrected chi connectivity index (χ1v) is 8.04. The molecule has 0 saturated heterocycles. The van der Waals surface area contributed by atoms with Gasteiger partial charge in [-0.2, -0.15) is 0 Å². The van der Waals surface area contributed by atoms with E-state index in [-0.39, 0.29) is 18.7 Å². The Balaban J connectivity index is 2.58. The Morgan fingerprint density at radius 1 is 1.35 bits per heavy atom. The molecule has 0 unspecified atom stereocenters. The first kappa shape index (κ1) is 16.6. The minimum atomic E-state index is -3.37. The Morgan fingerprint density at radius 3 is 2.55 bits per heavy atom. The van der Waals surface area contributed by atoms with Crippen molar-refractivity contribution in [2.75, 3.05) is 26.0 Å². The Hall–Kier alpha value is -1.47. The van der Waals surface area contributed by atoms with Gasteiger partial charge >= 0.3 is 5.97 Å². The van der Waals surface area contributed by atoms with Crippen LogP contribution in [-0.4, -0.2) is 49.6 Å². The van der Waals surface area contributed by atoms with Crippen molar-refractivity contribution in [2.45, 2.75) is 19.8 Å². The van der Waals surface area contributed by atoms with Crippen molar-refractivity contribution >= 4 is 16.0 Å². The van der Waals surface area contributed by atoms with Gasteiger partial charge in [0.1, 0.15) is 0 Å². The number of rotatable bonds is 8. The number of aryl methyl sites for hydroxylation is 1. The van der Waals surface area contributed by atoms with Crippen LogP contribution in [0.5, 0.6) is 0 Å². The van der Waals surface area contributed by atoms with Crippen LogP contribution in [0.4, 0.5) is 0 Å². The predicted molar refractivity (Wildman–Crippen MR) is 75.6 cm³/mol. The number of hydrogen-bond acceptors (Lipinski definition) is 5. The molecule has 0 aromatic carbocycles. The van der Waals surface area contributed by atoms with Crippen molar-refractivity contribution in [1.82, 2.24) is 9.29 Å². The van der Waals surface area contributed by atoms with E-state index in [1.54, 1.807) is 31.5 Å². The molecule has 0 bridgehead atoms. The lowest BCUT2D eigenvalue weighted by molar-refractivity contribution is -0.140. The van der Waals surface area contributed by atoms with Gasteiger partial charge in [0.05, 0.1) is 19.3 Å². The molecule has 0 aliphatic heterocycles. The highest BCUT2D eigenvalue weighted by atomic mass is 32.2. The lowest BCUT2D eigenvalue weighted by atomic mass is 10.2. The Bertz CT molecular complexity index is 516. The molecule has 0 N–H and O–H groups in total. The van der Waals surface area contributed by atoms with Crippen LogP contribution in [0.3, 0.4) is 0 Å². The quantitative estimate of drug-likeness (QED) is 0.665.